The first-order valence-electron chi connectivity index (χ1n) is 6.24. The van der Waals surface area contributed by atoms with E-state index in [9.17, 15) is 4.79 Å². The van der Waals surface area contributed by atoms with Gasteiger partial charge >= 0.3 is 5.97 Å². The second kappa shape index (κ2) is 8.39. The molecule has 0 aliphatic heterocycles. The Morgan fingerprint density at radius 1 is 1.50 bits per heavy atom. The highest BCUT2D eigenvalue weighted by Gasteiger charge is 2.12. The van der Waals surface area contributed by atoms with Gasteiger partial charge in [0.05, 0.1) is 13.7 Å². The van der Waals surface area contributed by atoms with Crippen molar-refractivity contribution in [2.24, 2.45) is 0 Å². The molecule has 0 heterocycles. The molecule has 20 heavy (non-hydrogen) atoms. The molecule has 106 valence electrons. The SMILES string of the molecule is CCCCOC(=O)/C(C#N)=C/c1cc(Br)ccc1OC. The highest BCUT2D eigenvalue weighted by atomic mass is 79.9. The molecule has 0 radical (unpaired) electrons. The molecular formula is C15H16BrNO3. The van der Waals surface area contributed by atoms with Crippen LogP contribution in [0.2, 0.25) is 0 Å². The third-order valence-electron chi connectivity index (χ3n) is 2.56. The van der Waals surface area contributed by atoms with Crippen molar-refractivity contribution in [1.82, 2.24) is 0 Å². The van der Waals surface area contributed by atoms with Gasteiger partial charge in [0, 0.05) is 10.0 Å². The number of nitriles is 1. The number of hydrogen-bond donors (Lipinski definition) is 0. The molecule has 0 N–H and O–H groups in total. The Bertz CT molecular complexity index is 547. The van der Waals surface area contributed by atoms with Crippen molar-refractivity contribution in [2.45, 2.75) is 19.8 Å². The van der Waals surface area contributed by atoms with E-state index in [0.29, 0.717) is 17.9 Å². The first kappa shape index (κ1) is 16.3. The number of rotatable bonds is 6. The Kier molecular flexibility index (Phi) is 6.82. The van der Waals surface area contributed by atoms with Crippen molar-refractivity contribution in [2.75, 3.05) is 13.7 Å². The van der Waals surface area contributed by atoms with Crippen molar-refractivity contribution >= 4 is 28.0 Å². The van der Waals surface area contributed by atoms with Crippen LogP contribution in [0.25, 0.3) is 6.08 Å². The van der Waals surface area contributed by atoms with Gasteiger partial charge in [0.15, 0.2) is 0 Å². The predicted molar refractivity (Wildman–Crippen MR) is 80.2 cm³/mol. The molecule has 0 bridgehead atoms. The van der Waals surface area contributed by atoms with Crippen LogP contribution in [0, 0.1) is 11.3 Å². The maximum atomic E-state index is 11.8. The molecular weight excluding hydrogens is 322 g/mol. The summed E-state index contributed by atoms with van der Waals surface area (Å²) in [4.78, 5) is 11.8. The van der Waals surface area contributed by atoms with E-state index in [-0.39, 0.29) is 5.57 Å². The second-order valence-electron chi connectivity index (χ2n) is 4.05. The van der Waals surface area contributed by atoms with Gasteiger partial charge in [-0.15, -0.1) is 0 Å². The van der Waals surface area contributed by atoms with Gasteiger partial charge in [0.25, 0.3) is 0 Å². The van der Waals surface area contributed by atoms with E-state index in [2.05, 4.69) is 15.9 Å². The molecule has 0 unspecified atom stereocenters. The monoisotopic (exact) mass is 337 g/mol. The van der Waals surface area contributed by atoms with Crippen LogP contribution in [-0.4, -0.2) is 19.7 Å². The fourth-order valence-electron chi connectivity index (χ4n) is 1.50. The number of benzene rings is 1. The maximum absolute atomic E-state index is 11.8. The molecule has 0 fully saturated rings. The van der Waals surface area contributed by atoms with Gasteiger partial charge in [-0.25, -0.2) is 4.79 Å². The second-order valence-corrected chi connectivity index (χ2v) is 4.96. The first-order chi connectivity index (χ1) is 9.62. The molecule has 0 aromatic heterocycles. The van der Waals surface area contributed by atoms with E-state index in [1.807, 2.05) is 19.1 Å². The van der Waals surface area contributed by atoms with E-state index < -0.39 is 5.97 Å². The lowest BCUT2D eigenvalue weighted by Crippen LogP contribution is -2.07. The van der Waals surface area contributed by atoms with E-state index in [1.54, 1.807) is 12.1 Å². The summed E-state index contributed by atoms with van der Waals surface area (Å²) in [7, 11) is 1.53. The van der Waals surface area contributed by atoms with Gasteiger partial charge in [-0.3, -0.25) is 0 Å². The molecule has 0 aliphatic carbocycles. The lowest BCUT2D eigenvalue weighted by atomic mass is 10.1. The van der Waals surface area contributed by atoms with Crippen LogP contribution in [0.15, 0.2) is 28.2 Å². The van der Waals surface area contributed by atoms with Crippen molar-refractivity contribution in [1.29, 1.82) is 5.26 Å². The fraction of sp³-hybridized carbons (Fsp3) is 0.333. The molecule has 0 aliphatic rings. The Balaban J connectivity index is 2.97. The highest BCUT2D eigenvalue weighted by molar-refractivity contribution is 9.10. The maximum Gasteiger partial charge on any atom is 0.348 e. The molecule has 1 aromatic rings. The number of unbranched alkanes of at least 4 members (excludes halogenated alkanes) is 1. The van der Waals surface area contributed by atoms with Crippen LogP contribution >= 0.6 is 15.9 Å². The summed E-state index contributed by atoms with van der Waals surface area (Å²) in [5, 5.41) is 9.08. The van der Waals surface area contributed by atoms with Crippen molar-refractivity contribution in [3.63, 3.8) is 0 Å². The summed E-state index contributed by atoms with van der Waals surface area (Å²) in [6.07, 6.45) is 3.18. The highest BCUT2D eigenvalue weighted by Crippen LogP contribution is 2.25. The summed E-state index contributed by atoms with van der Waals surface area (Å²) >= 11 is 3.34. The zero-order valence-corrected chi connectivity index (χ0v) is 13.1. The minimum atomic E-state index is -0.608. The summed E-state index contributed by atoms with van der Waals surface area (Å²) in [6.45, 7) is 2.32. The van der Waals surface area contributed by atoms with E-state index >= 15 is 0 Å². The van der Waals surface area contributed by atoms with Gasteiger partial charge in [0.2, 0.25) is 0 Å². The van der Waals surface area contributed by atoms with Crippen LogP contribution in [0.3, 0.4) is 0 Å². The minimum Gasteiger partial charge on any atom is -0.496 e. The van der Waals surface area contributed by atoms with Crippen molar-refractivity contribution in [3.05, 3.63) is 33.8 Å². The summed E-state index contributed by atoms with van der Waals surface area (Å²) in [5.41, 5.74) is 0.600. The molecule has 1 rings (SSSR count). The normalized spacial score (nSPS) is 10.8. The number of halogens is 1. The Labute approximate surface area is 127 Å². The van der Waals surface area contributed by atoms with Gasteiger partial charge in [-0.05, 0) is 30.7 Å². The molecule has 0 saturated carbocycles. The largest absolute Gasteiger partial charge is 0.496 e. The summed E-state index contributed by atoms with van der Waals surface area (Å²) in [6, 6.07) is 7.22. The summed E-state index contributed by atoms with van der Waals surface area (Å²) in [5.74, 6) is -0.0229. The number of hydrogen-bond acceptors (Lipinski definition) is 4. The van der Waals surface area contributed by atoms with Crippen LogP contribution in [0.1, 0.15) is 25.3 Å². The van der Waals surface area contributed by atoms with Gasteiger partial charge < -0.3 is 9.47 Å². The third-order valence-corrected chi connectivity index (χ3v) is 3.06. The average molecular weight is 338 g/mol. The zero-order valence-electron chi connectivity index (χ0n) is 11.5. The van der Waals surface area contributed by atoms with Crippen molar-refractivity contribution < 1.29 is 14.3 Å². The average Bonchev–Trinajstić information content (AvgIpc) is 2.45. The minimum absolute atomic E-state index is 0.0440. The standard InChI is InChI=1S/C15H16BrNO3/c1-3-4-7-20-15(18)12(10-17)8-11-9-13(16)5-6-14(11)19-2/h5-6,8-9H,3-4,7H2,1-2H3/b12-8+. The first-order valence-corrected chi connectivity index (χ1v) is 7.04. The number of methoxy groups -OCH3 is 1. The molecule has 0 amide bonds. The molecule has 0 spiro atoms. The number of ether oxygens (including phenoxy) is 2. The van der Waals surface area contributed by atoms with Crippen LogP contribution in [0.5, 0.6) is 5.75 Å². The molecule has 0 atom stereocenters. The third kappa shape index (κ3) is 4.71. The number of carbonyl (C=O) groups is 1. The Hall–Kier alpha value is -1.80. The number of nitrogens with zero attached hydrogens (tertiary/aromatic N) is 1. The van der Waals surface area contributed by atoms with Gasteiger partial charge in [-0.2, -0.15) is 5.26 Å². The lowest BCUT2D eigenvalue weighted by Gasteiger charge is -2.06. The van der Waals surface area contributed by atoms with Gasteiger partial charge in [0.1, 0.15) is 17.4 Å². The smallest absolute Gasteiger partial charge is 0.348 e. The zero-order chi connectivity index (χ0) is 15.0. The van der Waals surface area contributed by atoms with Crippen LogP contribution < -0.4 is 4.74 Å². The molecule has 5 heteroatoms. The van der Waals surface area contributed by atoms with Gasteiger partial charge in [-0.1, -0.05) is 29.3 Å². The van der Waals surface area contributed by atoms with E-state index in [4.69, 9.17) is 14.7 Å². The molecule has 4 nitrogen and oxygen atoms in total. The Morgan fingerprint density at radius 3 is 2.85 bits per heavy atom. The topological polar surface area (TPSA) is 59.3 Å². The lowest BCUT2D eigenvalue weighted by molar-refractivity contribution is -0.138. The molecule has 0 saturated heterocycles. The van der Waals surface area contributed by atoms with E-state index in [1.165, 1.54) is 13.2 Å². The molecule has 1 aromatic carbocycles. The quantitative estimate of drug-likeness (QED) is 0.343. The van der Waals surface area contributed by atoms with Crippen LogP contribution in [-0.2, 0) is 9.53 Å². The fourth-order valence-corrected chi connectivity index (χ4v) is 1.88. The summed E-state index contributed by atoms with van der Waals surface area (Å²) < 4.78 is 11.1. The Morgan fingerprint density at radius 2 is 2.25 bits per heavy atom. The van der Waals surface area contributed by atoms with Crippen LogP contribution in [0.4, 0.5) is 0 Å². The number of carbonyl (C=O) groups excluding carboxylic acids is 1. The predicted octanol–water partition coefficient (Wildman–Crippen LogP) is 3.71. The van der Waals surface area contributed by atoms with Crippen molar-refractivity contribution in [3.8, 4) is 11.8 Å². The van der Waals surface area contributed by atoms with E-state index in [0.717, 1.165) is 17.3 Å². The number of esters is 1.